The molecule has 162 valence electrons. The normalized spacial score (nSPS) is 14.3. The molecule has 2 N–H and O–H groups in total. The zero-order valence-corrected chi connectivity index (χ0v) is 17.6. The summed E-state index contributed by atoms with van der Waals surface area (Å²) in [4.78, 5) is 26.2. The number of rotatable bonds is 3. The Balaban J connectivity index is 2.62. The van der Waals surface area contributed by atoms with Crippen molar-refractivity contribution in [1.29, 1.82) is 0 Å². The van der Waals surface area contributed by atoms with Gasteiger partial charge in [0.05, 0.1) is 28.8 Å². The zero-order chi connectivity index (χ0) is 22.7. The van der Waals surface area contributed by atoms with Gasteiger partial charge in [0.15, 0.2) is 0 Å². The summed E-state index contributed by atoms with van der Waals surface area (Å²) in [6, 6.07) is 2.82. The van der Waals surface area contributed by atoms with Gasteiger partial charge in [0.25, 0.3) is 11.1 Å². The first kappa shape index (κ1) is 21.9. The van der Waals surface area contributed by atoms with E-state index in [0.29, 0.717) is 16.8 Å². The standard InChI is InChI=1S/C21H24F3N3O3/c1-9-7-10(2)17(11(3)8-9)26-18-15(16(21(22,23)24)12(4)19(26)29)20(30)27(25-18)13(5)14(6)28/h7-8,13-14,25,28H,1-6H3. The van der Waals surface area contributed by atoms with E-state index in [9.17, 15) is 27.9 Å². The van der Waals surface area contributed by atoms with Gasteiger partial charge in [-0.25, -0.2) is 4.68 Å². The van der Waals surface area contributed by atoms with Crippen LogP contribution in [0.2, 0.25) is 0 Å². The van der Waals surface area contributed by atoms with Crippen LogP contribution in [0.4, 0.5) is 13.2 Å². The van der Waals surface area contributed by atoms with Gasteiger partial charge < -0.3 is 5.11 Å². The summed E-state index contributed by atoms with van der Waals surface area (Å²) in [7, 11) is 0. The minimum absolute atomic E-state index is 0.245. The summed E-state index contributed by atoms with van der Waals surface area (Å²) < 4.78 is 43.8. The minimum Gasteiger partial charge on any atom is -0.391 e. The zero-order valence-electron chi connectivity index (χ0n) is 17.6. The van der Waals surface area contributed by atoms with Crippen LogP contribution in [0.25, 0.3) is 16.7 Å². The number of aromatic nitrogens is 3. The highest BCUT2D eigenvalue weighted by Crippen LogP contribution is 2.36. The number of hydrogen-bond donors (Lipinski definition) is 2. The summed E-state index contributed by atoms with van der Waals surface area (Å²) in [6.07, 6.45) is -5.90. The number of pyridine rings is 1. The van der Waals surface area contributed by atoms with E-state index in [1.165, 1.54) is 13.8 Å². The van der Waals surface area contributed by atoms with E-state index in [1.54, 1.807) is 13.8 Å². The van der Waals surface area contributed by atoms with Gasteiger partial charge in [0.2, 0.25) is 0 Å². The number of aromatic amines is 1. The number of aryl methyl sites for hydroxylation is 3. The number of fused-ring (bicyclic) bond motifs is 1. The molecule has 30 heavy (non-hydrogen) atoms. The topological polar surface area (TPSA) is 80.0 Å². The van der Waals surface area contributed by atoms with Crippen LogP contribution >= 0.6 is 0 Å². The van der Waals surface area contributed by atoms with E-state index in [1.807, 2.05) is 19.1 Å². The molecule has 0 fully saturated rings. The molecule has 2 atom stereocenters. The van der Waals surface area contributed by atoms with Crippen LogP contribution in [-0.4, -0.2) is 25.6 Å². The molecule has 1 aromatic carbocycles. The van der Waals surface area contributed by atoms with Crippen LogP contribution in [0.3, 0.4) is 0 Å². The minimum atomic E-state index is -4.90. The Kier molecular flexibility index (Phi) is 5.22. The van der Waals surface area contributed by atoms with E-state index >= 15 is 0 Å². The molecule has 0 aliphatic heterocycles. The first-order chi connectivity index (χ1) is 13.8. The van der Waals surface area contributed by atoms with Crippen LogP contribution in [0.5, 0.6) is 0 Å². The summed E-state index contributed by atoms with van der Waals surface area (Å²) in [6.45, 7) is 9.41. The van der Waals surface area contributed by atoms with Crippen molar-refractivity contribution in [3.05, 3.63) is 60.7 Å². The molecule has 6 nitrogen and oxygen atoms in total. The Morgan fingerprint density at radius 2 is 1.53 bits per heavy atom. The number of halogens is 3. The molecule has 0 amide bonds. The average Bonchev–Trinajstić information content (AvgIpc) is 2.92. The Hall–Kier alpha value is -2.81. The van der Waals surface area contributed by atoms with Gasteiger partial charge in [-0.05, 0) is 52.7 Å². The van der Waals surface area contributed by atoms with Gasteiger partial charge in [-0.3, -0.25) is 19.3 Å². The van der Waals surface area contributed by atoms with Gasteiger partial charge in [-0.15, -0.1) is 0 Å². The van der Waals surface area contributed by atoms with Crippen molar-refractivity contribution in [3.8, 4) is 5.69 Å². The van der Waals surface area contributed by atoms with Crippen molar-refractivity contribution < 1.29 is 18.3 Å². The molecule has 0 aliphatic rings. The highest BCUT2D eigenvalue weighted by atomic mass is 19.4. The van der Waals surface area contributed by atoms with Crippen molar-refractivity contribution in [1.82, 2.24) is 14.3 Å². The molecule has 9 heteroatoms. The Morgan fingerprint density at radius 1 is 1.00 bits per heavy atom. The first-order valence-corrected chi connectivity index (χ1v) is 9.50. The lowest BCUT2D eigenvalue weighted by Crippen LogP contribution is -2.29. The molecular weight excluding hydrogens is 399 g/mol. The fourth-order valence-corrected chi connectivity index (χ4v) is 3.99. The lowest BCUT2D eigenvalue weighted by atomic mass is 10.0. The van der Waals surface area contributed by atoms with E-state index in [0.717, 1.165) is 21.7 Å². The smallest absolute Gasteiger partial charge is 0.391 e. The van der Waals surface area contributed by atoms with Gasteiger partial charge in [-0.1, -0.05) is 17.7 Å². The maximum absolute atomic E-state index is 13.9. The molecule has 0 saturated carbocycles. The van der Waals surface area contributed by atoms with Crippen LogP contribution in [-0.2, 0) is 6.18 Å². The molecule has 0 aliphatic carbocycles. The quantitative estimate of drug-likeness (QED) is 0.675. The van der Waals surface area contributed by atoms with Crippen molar-refractivity contribution in [2.24, 2.45) is 0 Å². The summed E-state index contributed by atoms with van der Waals surface area (Å²) in [5.74, 6) is 0. The highest BCUT2D eigenvalue weighted by Gasteiger charge is 2.39. The van der Waals surface area contributed by atoms with Crippen molar-refractivity contribution >= 4 is 11.0 Å². The SMILES string of the molecule is Cc1cc(C)c(-n2c(=O)c(C)c(C(F)(F)F)c3c(=O)n(C(C)C(C)O)[nH]c32)c(C)c1. The Labute approximate surface area is 170 Å². The predicted octanol–water partition coefficient (Wildman–Crippen LogP) is 3.67. The number of hydrogen-bond acceptors (Lipinski definition) is 3. The van der Waals surface area contributed by atoms with Crippen LogP contribution in [0.1, 0.15) is 47.7 Å². The maximum Gasteiger partial charge on any atom is 0.417 e. The van der Waals surface area contributed by atoms with Crippen LogP contribution in [0.15, 0.2) is 21.7 Å². The van der Waals surface area contributed by atoms with Crippen LogP contribution < -0.4 is 11.1 Å². The fourth-order valence-electron chi connectivity index (χ4n) is 3.99. The molecule has 2 heterocycles. The van der Waals surface area contributed by atoms with Gasteiger partial charge in [-0.2, -0.15) is 13.2 Å². The number of aliphatic hydroxyl groups is 1. The van der Waals surface area contributed by atoms with Gasteiger partial charge >= 0.3 is 6.18 Å². The molecular formula is C21H24F3N3O3. The van der Waals surface area contributed by atoms with E-state index in [4.69, 9.17) is 0 Å². The van der Waals surface area contributed by atoms with E-state index in [-0.39, 0.29) is 5.65 Å². The third-order valence-corrected chi connectivity index (χ3v) is 5.52. The average molecular weight is 423 g/mol. The fraction of sp³-hybridized carbons (Fsp3) is 0.429. The van der Waals surface area contributed by atoms with Crippen molar-refractivity contribution in [2.45, 2.75) is 59.9 Å². The molecule has 0 bridgehead atoms. The lowest BCUT2D eigenvalue weighted by molar-refractivity contribution is -0.136. The Morgan fingerprint density at radius 3 is 2.00 bits per heavy atom. The molecule has 0 saturated heterocycles. The molecule has 3 rings (SSSR count). The van der Waals surface area contributed by atoms with Crippen LogP contribution in [0, 0.1) is 27.7 Å². The highest BCUT2D eigenvalue weighted by molar-refractivity contribution is 5.82. The number of aliphatic hydroxyl groups excluding tert-OH is 1. The van der Waals surface area contributed by atoms with E-state index < -0.39 is 46.0 Å². The van der Waals surface area contributed by atoms with Crippen molar-refractivity contribution in [3.63, 3.8) is 0 Å². The molecule has 2 unspecified atom stereocenters. The summed E-state index contributed by atoms with van der Waals surface area (Å²) in [5, 5.41) is 11.9. The maximum atomic E-state index is 13.9. The van der Waals surface area contributed by atoms with E-state index in [2.05, 4.69) is 5.10 Å². The molecule has 0 radical (unpaired) electrons. The summed E-state index contributed by atoms with van der Waals surface area (Å²) >= 11 is 0. The summed E-state index contributed by atoms with van der Waals surface area (Å²) in [5.41, 5.74) is -1.11. The number of H-pyrrole nitrogens is 1. The number of nitrogens with one attached hydrogen (secondary N) is 1. The first-order valence-electron chi connectivity index (χ1n) is 9.50. The molecule has 2 aromatic heterocycles. The van der Waals surface area contributed by atoms with Gasteiger partial charge in [0.1, 0.15) is 5.65 Å². The second-order valence-electron chi connectivity index (χ2n) is 7.88. The number of nitrogens with zero attached hydrogens (tertiary/aromatic N) is 2. The second-order valence-corrected chi connectivity index (χ2v) is 7.88. The lowest BCUT2D eigenvalue weighted by Gasteiger charge is -2.18. The number of benzene rings is 1. The third kappa shape index (κ3) is 3.27. The predicted molar refractivity (Wildman–Crippen MR) is 108 cm³/mol. The monoisotopic (exact) mass is 423 g/mol. The Bertz CT molecular complexity index is 1240. The third-order valence-electron chi connectivity index (χ3n) is 5.52. The second kappa shape index (κ2) is 7.16. The largest absolute Gasteiger partial charge is 0.417 e. The number of alkyl halides is 3. The molecule has 0 spiro atoms. The van der Waals surface area contributed by atoms with Crippen molar-refractivity contribution in [2.75, 3.05) is 0 Å². The molecule has 3 aromatic rings. The van der Waals surface area contributed by atoms with Gasteiger partial charge in [0, 0.05) is 5.56 Å².